The summed E-state index contributed by atoms with van der Waals surface area (Å²) in [7, 11) is 1.39. The van der Waals surface area contributed by atoms with Gasteiger partial charge in [-0.3, -0.25) is 14.6 Å². The van der Waals surface area contributed by atoms with E-state index >= 15 is 0 Å². The molecule has 122 valence electrons. The maximum absolute atomic E-state index is 13.7. The maximum atomic E-state index is 13.7. The van der Waals surface area contributed by atoms with E-state index in [1.165, 1.54) is 19.2 Å². The highest BCUT2D eigenvalue weighted by Gasteiger charge is 2.20. The highest BCUT2D eigenvalue weighted by molar-refractivity contribution is 5.98. The number of aromatic nitrogens is 2. The topological polar surface area (TPSA) is 116 Å². The summed E-state index contributed by atoms with van der Waals surface area (Å²) in [4.78, 5) is 37.4. The third kappa shape index (κ3) is 3.23. The van der Waals surface area contributed by atoms with Crippen LogP contribution in [0.1, 0.15) is 21.5 Å². The average Bonchev–Trinajstić information content (AvgIpc) is 2.51. The fourth-order valence-electron chi connectivity index (χ4n) is 1.99. The van der Waals surface area contributed by atoms with E-state index < -0.39 is 28.5 Å². The van der Waals surface area contributed by atoms with E-state index in [0.29, 0.717) is 0 Å². The summed E-state index contributed by atoms with van der Waals surface area (Å²) >= 11 is 0. The molecule has 0 spiro atoms. The fourth-order valence-corrected chi connectivity index (χ4v) is 1.99. The molecule has 4 N–H and O–H groups in total. The molecule has 0 aliphatic rings. The van der Waals surface area contributed by atoms with Crippen LogP contribution in [0, 0.1) is 12.7 Å². The van der Waals surface area contributed by atoms with Crippen molar-refractivity contribution in [1.82, 2.24) is 15.0 Å². The first kappa shape index (κ1) is 16.3. The van der Waals surface area contributed by atoms with Gasteiger partial charge in [0, 0.05) is 19.2 Å². The molecule has 8 nitrogen and oxygen atoms in total. The zero-order valence-corrected chi connectivity index (χ0v) is 12.4. The lowest BCUT2D eigenvalue weighted by atomic mass is 10.1. The zero-order valence-electron chi connectivity index (χ0n) is 12.4. The summed E-state index contributed by atoms with van der Waals surface area (Å²) in [5, 5.41) is 14.2. The number of nitrogens with one attached hydrogen (secondary N) is 3. The highest BCUT2D eigenvalue weighted by Crippen LogP contribution is 2.10. The molecule has 0 fully saturated rings. The lowest BCUT2D eigenvalue weighted by Gasteiger charge is -2.10. The Kier molecular flexibility index (Phi) is 4.49. The van der Waals surface area contributed by atoms with Crippen molar-refractivity contribution in [3.63, 3.8) is 0 Å². The molecule has 0 radical (unpaired) electrons. The number of halogens is 1. The number of aromatic amines is 1. The second-order valence-corrected chi connectivity index (χ2v) is 4.82. The molecule has 0 aliphatic heterocycles. The second kappa shape index (κ2) is 6.34. The van der Waals surface area contributed by atoms with E-state index in [2.05, 4.69) is 15.6 Å². The molecule has 1 heterocycles. The summed E-state index contributed by atoms with van der Waals surface area (Å²) in [6.07, 6.45) is 0. The zero-order chi connectivity index (χ0) is 17.1. The SMILES string of the molecule is CNc1[nH]c(=O)n(O)c(=O)c1C(=O)NCc1ccc(C)cc1F. The molecule has 2 rings (SSSR count). The number of rotatable bonds is 4. The van der Waals surface area contributed by atoms with Gasteiger partial charge in [-0.2, -0.15) is 0 Å². The van der Waals surface area contributed by atoms with Crippen LogP contribution in [-0.2, 0) is 6.54 Å². The number of aryl methyl sites for hydroxylation is 1. The van der Waals surface area contributed by atoms with Crippen LogP contribution in [0.2, 0.25) is 0 Å². The molecule has 1 aromatic heterocycles. The highest BCUT2D eigenvalue weighted by atomic mass is 19.1. The van der Waals surface area contributed by atoms with Crippen molar-refractivity contribution < 1.29 is 14.4 Å². The Hall–Kier alpha value is -3.10. The molecular weight excluding hydrogens is 307 g/mol. The molecule has 0 saturated heterocycles. The molecule has 2 aromatic rings. The number of anilines is 1. The van der Waals surface area contributed by atoms with Gasteiger partial charge in [0.15, 0.2) is 0 Å². The number of hydrogen-bond acceptors (Lipinski definition) is 5. The monoisotopic (exact) mass is 322 g/mol. The Bertz CT molecular complexity index is 872. The van der Waals surface area contributed by atoms with Crippen molar-refractivity contribution in [3.8, 4) is 0 Å². The fraction of sp³-hybridized carbons (Fsp3) is 0.214. The molecule has 0 bridgehead atoms. The van der Waals surface area contributed by atoms with E-state index in [9.17, 15) is 24.0 Å². The number of hydrogen-bond donors (Lipinski definition) is 4. The van der Waals surface area contributed by atoms with Crippen molar-refractivity contribution in [2.24, 2.45) is 0 Å². The summed E-state index contributed by atoms with van der Waals surface area (Å²) in [5.41, 5.74) is -1.77. The summed E-state index contributed by atoms with van der Waals surface area (Å²) in [6, 6.07) is 4.52. The number of nitrogens with zero attached hydrogens (tertiary/aromatic N) is 1. The third-order valence-corrected chi connectivity index (χ3v) is 3.21. The maximum Gasteiger partial charge on any atom is 0.363 e. The van der Waals surface area contributed by atoms with Crippen LogP contribution in [0.3, 0.4) is 0 Å². The summed E-state index contributed by atoms with van der Waals surface area (Å²) in [5.74, 6) is -1.49. The Balaban J connectivity index is 2.29. The molecule has 0 unspecified atom stereocenters. The van der Waals surface area contributed by atoms with Crippen LogP contribution in [0.15, 0.2) is 27.8 Å². The van der Waals surface area contributed by atoms with Crippen LogP contribution in [0.4, 0.5) is 10.2 Å². The van der Waals surface area contributed by atoms with Crippen LogP contribution >= 0.6 is 0 Å². The van der Waals surface area contributed by atoms with Gasteiger partial charge in [0.25, 0.3) is 5.91 Å². The van der Waals surface area contributed by atoms with Crippen LogP contribution < -0.4 is 21.9 Å². The Morgan fingerprint density at radius 3 is 2.70 bits per heavy atom. The Morgan fingerprint density at radius 2 is 2.09 bits per heavy atom. The van der Waals surface area contributed by atoms with E-state index in [1.807, 2.05) is 0 Å². The first-order valence-electron chi connectivity index (χ1n) is 6.64. The van der Waals surface area contributed by atoms with Gasteiger partial charge >= 0.3 is 11.2 Å². The van der Waals surface area contributed by atoms with Gasteiger partial charge in [-0.1, -0.05) is 16.9 Å². The normalized spacial score (nSPS) is 10.4. The van der Waals surface area contributed by atoms with E-state index in [1.54, 1.807) is 13.0 Å². The number of H-pyrrole nitrogens is 1. The van der Waals surface area contributed by atoms with Crippen molar-refractivity contribution in [2.45, 2.75) is 13.5 Å². The molecular formula is C14H15FN4O4. The predicted octanol–water partition coefficient (Wildman–Crippen LogP) is 0.193. The first-order chi connectivity index (χ1) is 10.8. The lowest BCUT2D eigenvalue weighted by Crippen LogP contribution is -2.40. The van der Waals surface area contributed by atoms with Crippen molar-refractivity contribution in [1.29, 1.82) is 0 Å². The number of carbonyl (C=O) groups excluding carboxylic acids is 1. The molecule has 0 aliphatic carbocycles. The van der Waals surface area contributed by atoms with Gasteiger partial charge in [-0.15, -0.1) is 0 Å². The van der Waals surface area contributed by atoms with Gasteiger partial charge in [0.1, 0.15) is 17.2 Å². The largest absolute Gasteiger partial charge is 0.421 e. The number of amides is 1. The van der Waals surface area contributed by atoms with Gasteiger partial charge in [-0.05, 0) is 18.6 Å². The van der Waals surface area contributed by atoms with Gasteiger partial charge in [-0.25, -0.2) is 9.18 Å². The minimum atomic E-state index is -1.18. The number of carbonyl (C=O) groups is 1. The van der Waals surface area contributed by atoms with Crippen LogP contribution in [0.25, 0.3) is 0 Å². The molecule has 0 saturated carbocycles. The van der Waals surface area contributed by atoms with Gasteiger partial charge < -0.3 is 15.8 Å². The molecule has 23 heavy (non-hydrogen) atoms. The van der Waals surface area contributed by atoms with Crippen molar-refractivity contribution in [2.75, 3.05) is 12.4 Å². The Morgan fingerprint density at radius 1 is 1.39 bits per heavy atom. The second-order valence-electron chi connectivity index (χ2n) is 4.82. The Labute approximate surface area is 129 Å². The van der Waals surface area contributed by atoms with Crippen molar-refractivity contribution in [3.05, 3.63) is 61.5 Å². The van der Waals surface area contributed by atoms with Crippen molar-refractivity contribution >= 4 is 11.7 Å². The average molecular weight is 322 g/mol. The van der Waals surface area contributed by atoms with Crippen LogP contribution in [0.5, 0.6) is 0 Å². The van der Waals surface area contributed by atoms with Crippen LogP contribution in [-0.4, -0.2) is 27.9 Å². The quantitative estimate of drug-likeness (QED) is 0.600. The first-order valence-corrected chi connectivity index (χ1v) is 6.64. The van der Waals surface area contributed by atoms with E-state index in [0.717, 1.165) is 5.56 Å². The summed E-state index contributed by atoms with van der Waals surface area (Å²) in [6.45, 7) is 1.58. The molecule has 0 atom stereocenters. The minimum absolute atomic E-state index is 0.146. The van der Waals surface area contributed by atoms with E-state index in [4.69, 9.17) is 0 Å². The minimum Gasteiger partial charge on any atom is -0.421 e. The molecule has 1 amide bonds. The van der Waals surface area contributed by atoms with E-state index in [-0.39, 0.29) is 22.7 Å². The summed E-state index contributed by atoms with van der Waals surface area (Å²) < 4.78 is 13.5. The predicted molar refractivity (Wildman–Crippen MR) is 80.4 cm³/mol. The van der Waals surface area contributed by atoms with Gasteiger partial charge in [0.05, 0.1) is 0 Å². The third-order valence-electron chi connectivity index (χ3n) is 3.21. The van der Waals surface area contributed by atoms with Gasteiger partial charge in [0.2, 0.25) is 0 Å². The standard InChI is InChI=1S/C14H15FN4O4/c1-7-3-4-8(9(15)5-7)6-17-12(20)10-11(16-2)18-14(22)19(23)13(10)21/h3-5,16,23H,6H2,1-2H3,(H,17,20)(H,18,22). The molecule has 1 aromatic carbocycles. The number of benzene rings is 1. The smallest absolute Gasteiger partial charge is 0.363 e. The molecule has 9 heteroatoms. The lowest BCUT2D eigenvalue weighted by molar-refractivity contribution is 0.0939.